The Kier molecular flexibility index (Phi) is 7.77. The molecule has 236 valence electrons. The fourth-order valence-electron chi connectivity index (χ4n) is 6.22. The Bertz CT molecular complexity index is 1740. The van der Waals surface area contributed by atoms with Gasteiger partial charge in [0.1, 0.15) is 5.54 Å². The molecule has 0 aromatic heterocycles. The minimum absolute atomic E-state index is 0.110. The van der Waals surface area contributed by atoms with E-state index in [1.165, 1.54) is 17.0 Å². The number of ether oxygens (including phenoxy) is 1. The molecule has 3 atom stereocenters. The summed E-state index contributed by atoms with van der Waals surface area (Å²) in [4.78, 5) is 29.6. The summed E-state index contributed by atoms with van der Waals surface area (Å²) in [7, 11) is -2.01. The molecule has 0 saturated heterocycles. The Balaban J connectivity index is 1.76. The lowest BCUT2D eigenvalue weighted by atomic mass is 9.75. The zero-order valence-corrected chi connectivity index (χ0v) is 26.1. The molecule has 10 heteroatoms. The number of esters is 1. The second kappa shape index (κ2) is 11.4. The SMILES string of the molecule is CC(C)(C)S(=O)N[C@]1([C@H]2C=CC(=O)O2)C(=O)N(C(c2ccccc2)(c2ccccc2)c2ccccc2)c2ccc(C(F)(F)F)cc21. The summed E-state index contributed by atoms with van der Waals surface area (Å²) >= 11 is 0. The van der Waals surface area contributed by atoms with Crippen LogP contribution in [0.3, 0.4) is 0 Å². The van der Waals surface area contributed by atoms with Crippen molar-refractivity contribution in [3.8, 4) is 0 Å². The van der Waals surface area contributed by atoms with Crippen LogP contribution in [0.25, 0.3) is 0 Å². The van der Waals surface area contributed by atoms with Gasteiger partial charge in [0.05, 0.1) is 27.0 Å². The van der Waals surface area contributed by atoms with E-state index in [4.69, 9.17) is 4.74 Å². The molecule has 0 aliphatic carbocycles. The third-order valence-corrected chi connectivity index (χ3v) is 9.95. The number of rotatable bonds is 7. The summed E-state index contributed by atoms with van der Waals surface area (Å²) < 4.78 is 64.5. The molecule has 6 rings (SSSR count). The maximum atomic E-state index is 15.6. The molecular weight excluding hydrogens is 613 g/mol. The number of halogens is 3. The lowest BCUT2D eigenvalue weighted by Crippen LogP contribution is -2.63. The van der Waals surface area contributed by atoms with Crippen molar-refractivity contribution in [2.24, 2.45) is 0 Å². The Morgan fingerprint density at radius 1 is 0.761 bits per heavy atom. The second-order valence-electron chi connectivity index (χ2n) is 12.2. The van der Waals surface area contributed by atoms with E-state index in [0.29, 0.717) is 16.7 Å². The van der Waals surface area contributed by atoms with Gasteiger partial charge in [0, 0.05) is 11.6 Å². The van der Waals surface area contributed by atoms with E-state index in [0.717, 1.165) is 18.2 Å². The van der Waals surface area contributed by atoms with Crippen LogP contribution in [0.15, 0.2) is 121 Å². The zero-order chi connectivity index (χ0) is 32.9. The molecule has 2 heterocycles. The van der Waals surface area contributed by atoms with Gasteiger partial charge in [-0.25, -0.2) is 13.7 Å². The number of benzene rings is 4. The molecule has 2 aliphatic rings. The topological polar surface area (TPSA) is 75.7 Å². The molecular formula is C36H31F3N2O4S. The van der Waals surface area contributed by atoms with E-state index >= 15 is 4.79 Å². The van der Waals surface area contributed by atoms with E-state index in [1.54, 1.807) is 20.8 Å². The highest BCUT2D eigenvalue weighted by molar-refractivity contribution is 7.84. The number of alkyl halides is 3. The normalized spacial score (nSPS) is 20.5. The Labute approximate surface area is 267 Å². The summed E-state index contributed by atoms with van der Waals surface area (Å²) in [6, 6.07) is 30.7. The molecule has 0 radical (unpaired) electrons. The molecule has 6 nitrogen and oxygen atoms in total. The first-order chi connectivity index (χ1) is 21.8. The molecule has 4 aromatic carbocycles. The standard InChI is InChI=1S/C36H31F3N2O4S/c1-33(2,3)46(44)40-34(30-21-22-31(42)45-30)28-23-27(36(37,38)39)19-20-29(28)41(32(34)43)35(24-13-7-4-8-14-24,25-15-9-5-10-16-25)26-17-11-6-12-18-26/h4-23,30,40H,1-3H3/t30-,34-,46?/m1/s1. The Hall–Kier alpha value is -4.54. The Morgan fingerprint density at radius 2 is 1.26 bits per heavy atom. The highest BCUT2D eigenvalue weighted by Gasteiger charge is 2.64. The molecule has 0 bridgehead atoms. The van der Waals surface area contributed by atoms with Crippen LogP contribution in [-0.2, 0) is 42.6 Å². The molecule has 0 spiro atoms. The first kappa shape index (κ1) is 31.4. The van der Waals surface area contributed by atoms with E-state index in [2.05, 4.69) is 4.72 Å². The summed E-state index contributed by atoms with van der Waals surface area (Å²) in [5, 5.41) is 0. The van der Waals surface area contributed by atoms with Gasteiger partial charge >= 0.3 is 12.1 Å². The number of carbonyl (C=O) groups is 2. The van der Waals surface area contributed by atoms with Crippen LogP contribution in [-0.4, -0.2) is 26.9 Å². The highest BCUT2D eigenvalue weighted by Crippen LogP contribution is 2.55. The number of cyclic esters (lactones) is 1. The molecule has 2 aliphatic heterocycles. The number of nitrogens with zero attached hydrogens (tertiary/aromatic N) is 1. The lowest BCUT2D eigenvalue weighted by Gasteiger charge is -2.45. The quantitative estimate of drug-likeness (QED) is 0.178. The third-order valence-electron chi connectivity index (χ3n) is 8.33. The van der Waals surface area contributed by atoms with Crippen molar-refractivity contribution < 1.29 is 31.7 Å². The van der Waals surface area contributed by atoms with Gasteiger partial charge in [0.25, 0.3) is 5.91 Å². The largest absolute Gasteiger partial charge is 0.452 e. The number of hydrogen-bond acceptors (Lipinski definition) is 4. The van der Waals surface area contributed by atoms with Gasteiger partial charge in [-0.1, -0.05) is 91.0 Å². The van der Waals surface area contributed by atoms with Gasteiger partial charge in [-0.3, -0.25) is 9.69 Å². The van der Waals surface area contributed by atoms with E-state index < -0.39 is 56.5 Å². The number of amides is 1. The predicted octanol–water partition coefficient (Wildman–Crippen LogP) is 6.77. The maximum Gasteiger partial charge on any atom is 0.416 e. The third kappa shape index (κ3) is 4.96. The molecule has 46 heavy (non-hydrogen) atoms. The van der Waals surface area contributed by atoms with Crippen molar-refractivity contribution >= 4 is 28.5 Å². The number of hydrogen-bond donors (Lipinski definition) is 1. The average Bonchev–Trinajstić information content (AvgIpc) is 3.58. The molecule has 0 saturated carbocycles. The zero-order valence-electron chi connectivity index (χ0n) is 25.2. The van der Waals surface area contributed by atoms with Gasteiger partial charge in [-0.05, 0) is 61.7 Å². The summed E-state index contributed by atoms with van der Waals surface area (Å²) in [6.07, 6.45) is -3.73. The molecule has 4 aromatic rings. The smallest absolute Gasteiger partial charge is 0.416 e. The maximum absolute atomic E-state index is 15.6. The van der Waals surface area contributed by atoms with Crippen molar-refractivity contribution in [1.29, 1.82) is 0 Å². The van der Waals surface area contributed by atoms with Crippen molar-refractivity contribution in [3.05, 3.63) is 149 Å². The fraction of sp³-hybridized carbons (Fsp3) is 0.222. The van der Waals surface area contributed by atoms with Crippen molar-refractivity contribution in [1.82, 2.24) is 4.72 Å². The van der Waals surface area contributed by atoms with Crippen LogP contribution in [0, 0.1) is 0 Å². The number of nitrogens with one attached hydrogen (secondary N) is 1. The van der Waals surface area contributed by atoms with Crippen LogP contribution < -0.4 is 9.62 Å². The van der Waals surface area contributed by atoms with Crippen LogP contribution >= 0.6 is 0 Å². The number of fused-ring (bicyclic) bond motifs is 1. The van der Waals surface area contributed by atoms with Gasteiger partial charge in [0.2, 0.25) is 0 Å². The van der Waals surface area contributed by atoms with Crippen LogP contribution in [0.4, 0.5) is 18.9 Å². The fourth-order valence-corrected chi connectivity index (χ4v) is 7.13. The lowest BCUT2D eigenvalue weighted by molar-refractivity contribution is -0.145. The van der Waals surface area contributed by atoms with Crippen LogP contribution in [0.5, 0.6) is 0 Å². The first-order valence-corrected chi connectivity index (χ1v) is 15.8. The molecule has 1 amide bonds. The minimum Gasteiger partial charge on any atom is -0.452 e. The Morgan fingerprint density at radius 3 is 1.67 bits per heavy atom. The van der Waals surface area contributed by atoms with E-state index in [1.807, 2.05) is 91.0 Å². The number of anilines is 1. The predicted molar refractivity (Wildman–Crippen MR) is 170 cm³/mol. The van der Waals surface area contributed by atoms with Gasteiger partial charge in [-0.15, -0.1) is 0 Å². The van der Waals surface area contributed by atoms with Crippen molar-refractivity contribution in [3.63, 3.8) is 0 Å². The van der Waals surface area contributed by atoms with Crippen LogP contribution in [0.2, 0.25) is 0 Å². The van der Waals surface area contributed by atoms with E-state index in [9.17, 15) is 22.2 Å². The molecule has 1 unspecified atom stereocenters. The summed E-state index contributed by atoms with van der Waals surface area (Å²) in [5.74, 6) is -1.51. The summed E-state index contributed by atoms with van der Waals surface area (Å²) in [6.45, 7) is 5.02. The average molecular weight is 645 g/mol. The second-order valence-corrected chi connectivity index (χ2v) is 14.2. The van der Waals surface area contributed by atoms with Gasteiger partial charge in [-0.2, -0.15) is 13.2 Å². The van der Waals surface area contributed by atoms with Gasteiger partial charge in [0.15, 0.2) is 11.6 Å². The van der Waals surface area contributed by atoms with Crippen molar-refractivity contribution in [2.45, 2.75) is 48.9 Å². The molecule has 0 fully saturated rings. The van der Waals surface area contributed by atoms with Crippen LogP contribution in [0.1, 0.15) is 48.6 Å². The van der Waals surface area contributed by atoms with Crippen molar-refractivity contribution in [2.75, 3.05) is 4.90 Å². The monoisotopic (exact) mass is 644 g/mol. The summed E-state index contributed by atoms with van der Waals surface area (Å²) in [5.41, 5.74) is -2.65. The van der Waals surface area contributed by atoms with Gasteiger partial charge < -0.3 is 4.74 Å². The highest BCUT2D eigenvalue weighted by atomic mass is 32.2. The minimum atomic E-state index is -4.77. The first-order valence-electron chi connectivity index (χ1n) is 14.6. The molecule has 1 N–H and O–H groups in total. The number of carbonyl (C=O) groups excluding carboxylic acids is 2. The van der Waals surface area contributed by atoms with E-state index in [-0.39, 0.29) is 11.3 Å².